The molecule has 0 aliphatic heterocycles. The molecular formula is C14H20BrFN2. The maximum Gasteiger partial charge on any atom is 0.124 e. The van der Waals surface area contributed by atoms with Crippen LogP contribution in [0.25, 0.3) is 0 Å². The molecule has 1 aromatic rings. The number of rotatable bonds is 4. The Labute approximate surface area is 116 Å². The van der Waals surface area contributed by atoms with Gasteiger partial charge in [-0.05, 0) is 48.4 Å². The molecule has 2 rings (SSSR count). The van der Waals surface area contributed by atoms with Crippen molar-refractivity contribution in [1.82, 2.24) is 5.43 Å². The van der Waals surface area contributed by atoms with Crippen LogP contribution in [-0.2, 0) is 6.42 Å². The first-order chi connectivity index (χ1) is 8.53. The highest BCUT2D eigenvalue weighted by molar-refractivity contribution is 9.10. The minimum Gasteiger partial charge on any atom is -0.271 e. The van der Waals surface area contributed by atoms with Crippen molar-refractivity contribution in [3.05, 3.63) is 34.1 Å². The number of hydrogen-bond donors (Lipinski definition) is 2. The van der Waals surface area contributed by atoms with Crippen LogP contribution in [0.3, 0.4) is 0 Å². The van der Waals surface area contributed by atoms with Crippen LogP contribution in [-0.4, -0.2) is 6.04 Å². The van der Waals surface area contributed by atoms with Gasteiger partial charge in [0.05, 0.1) is 0 Å². The molecule has 0 amide bonds. The first kappa shape index (κ1) is 14.0. The predicted molar refractivity (Wildman–Crippen MR) is 75.5 cm³/mol. The lowest BCUT2D eigenvalue weighted by atomic mass is 9.78. The van der Waals surface area contributed by atoms with E-state index >= 15 is 0 Å². The molecule has 0 saturated heterocycles. The Kier molecular flexibility index (Phi) is 4.41. The van der Waals surface area contributed by atoms with Gasteiger partial charge in [-0.15, -0.1) is 0 Å². The van der Waals surface area contributed by atoms with Crippen molar-refractivity contribution in [1.29, 1.82) is 0 Å². The molecule has 3 N–H and O–H groups in total. The Morgan fingerprint density at radius 2 is 2.06 bits per heavy atom. The highest BCUT2D eigenvalue weighted by Gasteiger charge is 2.36. The molecule has 18 heavy (non-hydrogen) atoms. The van der Waals surface area contributed by atoms with Gasteiger partial charge in [0.1, 0.15) is 5.82 Å². The second kappa shape index (κ2) is 5.68. The molecule has 0 spiro atoms. The third-order valence-electron chi connectivity index (χ3n) is 4.15. The zero-order valence-corrected chi connectivity index (χ0v) is 12.3. The fraction of sp³-hybridized carbons (Fsp3) is 0.571. The summed E-state index contributed by atoms with van der Waals surface area (Å²) in [4.78, 5) is 0. The molecule has 1 unspecified atom stereocenters. The van der Waals surface area contributed by atoms with Gasteiger partial charge in [-0.3, -0.25) is 11.3 Å². The van der Waals surface area contributed by atoms with E-state index in [2.05, 4.69) is 28.3 Å². The minimum absolute atomic E-state index is 0.202. The van der Waals surface area contributed by atoms with E-state index in [-0.39, 0.29) is 17.3 Å². The van der Waals surface area contributed by atoms with Gasteiger partial charge in [0, 0.05) is 10.5 Å². The van der Waals surface area contributed by atoms with Crippen molar-refractivity contribution < 1.29 is 4.39 Å². The maximum absolute atomic E-state index is 13.4. The fourth-order valence-corrected chi connectivity index (χ4v) is 3.51. The Morgan fingerprint density at radius 1 is 1.39 bits per heavy atom. The van der Waals surface area contributed by atoms with Crippen molar-refractivity contribution >= 4 is 15.9 Å². The van der Waals surface area contributed by atoms with E-state index in [0.29, 0.717) is 0 Å². The van der Waals surface area contributed by atoms with Gasteiger partial charge in [0.25, 0.3) is 0 Å². The summed E-state index contributed by atoms with van der Waals surface area (Å²) in [5.74, 6) is 5.50. The van der Waals surface area contributed by atoms with Gasteiger partial charge in [-0.2, -0.15) is 0 Å². The molecule has 1 aromatic carbocycles. The highest BCUT2D eigenvalue weighted by Crippen LogP contribution is 2.41. The van der Waals surface area contributed by atoms with E-state index in [0.717, 1.165) is 16.5 Å². The van der Waals surface area contributed by atoms with E-state index in [4.69, 9.17) is 5.84 Å². The number of halogens is 2. The first-order valence-corrected chi connectivity index (χ1v) is 7.24. The van der Waals surface area contributed by atoms with Gasteiger partial charge in [0.2, 0.25) is 0 Å². The van der Waals surface area contributed by atoms with Crippen LogP contribution in [0.15, 0.2) is 22.7 Å². The van der Waals surface area contributed by atoms with Crippen molar-refractivity contribution in [2.75, 3.05) is 0 Å². The van der Waals surface area contributed by atoms with Crippen molar-refractivity contribution in [3.63, 3.8) is 0 Å². The summed E-state index contributed by atoms with van der Waals surface area (Å²) in [6.45, 7) is 2.28. The molecule has 2 nitrogen and oxygen atoms in total. The molecule has 0 bridgehead atoms. The van der Waals surface area contributed by atoms with Crippen molar-refractivity contribution in [2.45, 2.75) is 45.1 Å². The number of hydrogen-bond acceptors (Lipinski definition) is 2. The Balaban J connectivity index is 2.14. The molecule has 1 fully saturated rings. The van der Waals surface area contributed by atoms with Crippen LogP contribution in [0.5, 0.6) is 0 Å². The first-order valence-electron chi connectivity index (χ1n) is 6.44. The SMILES string of the molecule is CC1(C(Cc2cc(F)cc(Br)c2)NN)CCCC1. The second-order valence-corrected chi connectivity index (χ2v) is 6.48. The monoisotopic (exact) mass is 314 g/mol. The molecule has 0 radical (unpaired) electrons. The predicted octanol–water partition coefficient (Wildman–Crippen LogP) is 3.54. The smallest absolute Gasteiger partial charge is 0.124 e. The van der Waals surface area contributed by atoms with Crippen LogP contribution in [0.4, 0.5) is 4.39 Å². The number of nitrogens with one attached hydrogen (secondary N) is 1. The summed E-state index contributed by atoms with van der Waals surface area (Å²) in [5, 5.41) is 0. The second-order valence-electron chi connectivity index (χ2n) is 5.56. The van der Waals surface area contributed by atoms with Crippen molar-refractivity contribution in [3.8, 4) is 0 Å². The minimum atomic E-state index is -0.202. The van der Waals surface area contributed by atoms with Crippen LogP contribution >= 0.6 is 15.9 Å². The summed E-state index contributed by atoms with van der Waals surface area (Å²) in [5.41, 5.74) is 4.15. The zero-order valence-electron chi connectivity index (χ0n) is 10.7. The van der Waals surface area contributed by atoms with Gasteiger partial charge < -0.3 is 0 Å². The number of hydrazine groups is 1. The highest BCUT2D eigenvalue weighted by atomic mass is 79.9. The summed E-state index contributed by atoms with van der Waals surface area (Å²) in [6.07, 6.45) is 5.68. The summed E-state index contributed by atoms with van der Waals surface area (Å²) >= 11 is 3.33. The lowest BCUT2D eigenvalue weighted by Crippen LogP contribution is -2.47. The topological polar surface area (TPSA) is 38.0 Å². The molecule has 1 aliphatic rings. The third-order valence-corrected chi connectivity index (χ3v) is 4.61. The fourth-order valence-electron chi connectivity index (χ4n) is 3.00. The quantitative estimate of drug-likeness (QED) is 0.659. The van der Waals surface area contributed by atoms with E-state index in [1.54, 1.807) is 6.07 Å². The van der Waals surface area contributed by atoms with Crippen LogP contribution in [0.1, 0.15) is 38.2 Å². The molecule has 1 aliphatic carbocycles. The van der Waals surface area contributed by atoms with E-state index in [1.807, 2.05) is 6.07 Å². The third kappa shape index (κ3) is 3.11. The van der Waals surface area contributed by atoms with Gasteiger partial charge in [-0.25, -0.2) is 4.39 Å². The van der Waals surface area contributed by atoms with Crippen LogP contribution in [0, 0.1) is 11.2 Å². The summed E-state index contributed by atoms with van der Waals surface area (Å²) < 4.78 is 14.2. The maximum atomic E-state index is 13.4. The van der Waals surface area contributed by atoms with Crippen LogP contribution in [0.2, 0.25) is 0 Å². The number of benzene rings is 1. The van der Waals surface area contributed by atoms with E-state index in [9.17, 15) is 4.39 Å². The molecule has 1 atom stereocenters. The van der Waals surface area contributed by atoms with E-state index < -0.39 is 0 Å². The molecule has 1 saturated carbocycles. The molecular weight excluding hydrogens is 295 g/mol. The standard InChI is InChI=1S/C14H20BrFN2/c1-14(4-2-3-5-14)13(18-17)8-10-6-11(15)9-12(16)7-10/h6-7,9,13,18H,2-5,8,17H2,1H3. The average molecular weight is 315 g/mol. The van der Waals surface area contributed by atoms with Gasteiger partial charge in [-0.1, -0.05) is 35.7 Å². The molecule has 100 valence electrons. The molecule has 0 heterocycles. The Bertz CT molecular complexity index is 396. The van der Waals surface area contributed by atoms with E-state index in [1.165, 1.54) is 31.7 Å². The van der Waals surface area contributed by atoms with Gasteiger partial charge in [0.15, 0.2) is 0 Å². The summed E-state index contributed by atoms with van der Waals surface area (Å²) in [7, 11) is 0. The lowest BCUT2D eigenvalue weighted by Gasteiger charge is -2.33. The summed E-state index contributed by atoms with van der Waals surface area (Å²) in [6, 6.07) is 5.24. The van der Waals surface area contributed by atoms with Crippen LogP contribution < -0.4 is 11.3 Å². The molecule has 0 aromatic heterocycles. The lowest BCUT2D eigenvalue weighted by molar-refractivity contribution is 0.220. The van der Waals surface area contributed by atoms with Gasteiger partial charge >= 0.3 is 0 Å². The normalized spacial score (nSPS) is 20.0. The largest absolute Gasteiger partial charge is 0.271 e. The molecule has 4 heteroatoms. The average Bonchev–Trinajstić information content (AvgIpc) is 2.72. The Morgan fingerprint density at radius 3 is 2.61 bits per heavy atom. The van der Waals surface area contributed by atoms with Crippen molar-refractivity contribution in [2.24, 2.45) is 11.3 Å². The number of nitrogens with two attached hydrogens (primary N) is 1. The zero-order chi connectivity index (χ0) is 13.2. The Hall–Kier alpha value is -0.450.